The lowest BCUT2D eigenvalue weighted by molar-refractivity contribution is 0.00138. The minimum Gasteiger partial charge on any atom is -0.389 e. The van der Waals surface area contributed by atoms with Gasteiger partial charge in [-0.1, -0.05) is 19.8 Å². The van der Waals surface area contributed by atoms with E-state index in [-0.39, 0.29) is 5.92 Å². The molecule has 1 aliphatic rings. The fraction of sp³-hybridized carbons (Fsp3) is 0.571. The zero-order valence-corrected chi connectivity index (χ0v) is 10.0. The fourth-order valence-electron chi connectivity index (χ4n) is 3.01. The van der Waals surface area contributed by atoms with Crippen molar-refractivity contribution in [1.29, 1.82) is 0 Å². The molecule has 3 heteroatoms. The van der Waals surface area contributed by atoms with Crippen LogP contribution in [0.2, 0.25) is 0 Å². The zero-order valence-electron chi connectivity index (χ0n) is 10.0. The SMILES string of the molecule is CCC1CCCC1(O)Cc1cc(F)cc(F)c1. The second-order valence-corrected chi connectivity index (χ2v) is 5.06. The van der Waals surface area contributed by atoms with Gasteiger partial charge in [0.2, 0.25) is 0 Å². The fourth-order valence-corrected chi connectivity index (χ4v) is 3.01. The smallest absolute Gasteiger partial charge is 0.126 e. The first-order chi connectivity index (χ1) is 8.03. The standard InChI is InChI=1S/C14H18F2O/c1-2-11-4-3-5-14(11,17)9-10-6-12(15)8-13(16)7-10/h6-8,11,17H,2-5,9H2,1H3. The van der Waals surface area contributed by atoms with E-state index in [2.05, 4.69) is 0 Å². The van der Waals surface area contributed by atoms with Crippen LogP contribution in [0.1, 0.15) is 38.2 Å². The highest BCUT2D eigenvalue weighted by molar-refractivity contribution is 5.20. The highest BCUT2D eigenvalue weighted by atomic mass is 19.1. The molecule has 1 saturated carbocycles. The van der Waals surface area contributed by atoms with Crippen molar-refractivity contribution in [3.63, 3.8) is 0 Å². The lowest BCUT2D eigenvalue weighted by Crippen LogP contribution is -2.35. The van der Waals surface area contributed by atoms with E-state index in [1.807, 2.05) is 6.92 Å². The molecule has 0 bridgehead atoms. The highest BCUT2D eigenvalue weighted by Crippen LogP contribution is 2.40. The predicted octanol–water partition coefficient (Wildman–Crippen LogP) is 3.45. The molecule has 17 heavy (non-hydrogen) atoms. The lowest BCUT2D eigenvalue weighted by atomic mass is 9.83. The van der Waals surface area contributed by atoms with E-state index in [1.165, 1.54) is 12.1 Å². The molecule has 1 nitrogen and oxygen atoms in total. The molecule has 0 saturated heterocycles. The van der Waals surface area contributed by atoms with Gasteiger partial charge in [-0.3, -0.25) is 0 Å². The summed E-state index contributed by atoms with van der Waals surface area (Å²) in [6.07, 6.45) is 3.98. The van der Waals surface area contributed by atoms with Crippen LogP contribution in [0.3, 0.4) is 0 Å². The van der Waals surface area contributed by atoms with Gasteiger partial charge in [0.05, 0.1) is 5.60 Å². The summed E-state index contributed by atoms with van der Waals surface area (Å²) in [7, 11) is 0. The second-order valence-electron chi connectivity index (χ2n) is 5.06. The molecule has 0 aromatic heterocycles. The molecule has 0 aliphatic heterocycles. The molecular formula is C14H18F2O. The molecule has 1 aliphatic carbocycles. The van der Waals surface area contributed by atoms with Crippen LogP contribution in [-0.2, 0) is 6.42 Å². The molecule has 2 rings (SSSR count). The summed E-state index contributed by atoms with van der Waals surface area (Å²) in [6, 6.07) is 3.48. The Balaban J connectivity index is 2.19. The van der Waals surface area contributed by atoms with Crippen LogP contribution in [0.25, 0.3) is 0 Å². The zero-order chi connectivity index (χ0) is 12.5. The average Bonchev–Trinajstić information content (AvgIpc) is 2.57. The normalized spacial score (nSPS) is 28.6. The minimum absolute atomic E-state index is 0.244. The molecule has 1 aromatic carbocycles. The number of aliphatic hydroxyl groups is 1. The topological polar surface area (TPSA) is 20.2 Å². The first-order valence-electron chi connectivity index (χ1n) is 6.21. The maximum Gasteiger partial charge on any atom is 0.126 e. The van der Waals surface area contributed by atoms with E-state index in [9.17, 15) is 13.9 Å². The van der Waals surface area contributed by atoms with Crippen molar-refractivity contribution < 1.29 is 13.9 Å². The van der Waals surface area contributed by atoms with Crippen LogP contribution in [-0.4, -0.2) is 10.7 Å². The molecule has 0 heterocycles. The van der Waals surface area contributed by atoms with Gasteiger partial charge < -0.3 is 5.11 Å². The molecule has 1 N–H and O–H groups in total. The third kappa shape index (κ3) is 2.65. The van der Waals surface area contributed by atoms with Crippen molar-refractivity contribution in [2.24, 2.45) is 5.92 Å². The summed E-state index contributed by atoms with van der Waals surface area (Å²) in [6.45, 7) is 2.05. The summed E-state index contributed by atoms with van der Waals surface area (Å²) < 4.78 is 26.2. The van der Waals surface area contributed by atoms with Gasteiger partial charge in [0.1, 0.15) is 11.6 Å². The van der Waals surface area contributed by atoms with Crippen molar-refractivity contribution >= 4 is 0 Å². The van der Waals surface area contributed by atoms with Crippen LogP contribution >= 0.6 is 0 Å². The minimum atomic E-state index is -0.783. The Morgan fingerprint density at radius 2 is 1.94 bits per heavy atom. The van der Waals surface area contributed by atoms with Gasteiger partial charge in [0, 0.05) is 12.5 Å². The number of hydrogen-bond donors (Lipinski definition) is 1. The van der Waals surface area contributed by atoms with Gasteiger partial charge in [-0.05, 0) is 36.5 Å². The van der Waals surface area contributed by atoms with Crippen LogP contribution in [0.15, 0.2) is 18.2 Å². The lowest BCUT2D eigenvalue weighted by Gasteiger charge is -2.29. The van der Waals surface area contributed by atoms with Crippen molar-refractivity contribution in [3.05, 3.63) is 35.4 Å². The molecule has 0 amide bonds. The van der Waals surface area contributed by atoms with E-state index >= 15 is 0 Å². The van der Waals surface area contributed by atoms with Gasteiger partial charge in [-0.15, -0.1) is 0 Å². The summed E-state index contributed by atoms with van der Waals surface area (Å²) >= 11 is 0. The van der Waals surface area contributed by atoms with Crippen LogP contribution in [0, 0.1) is 17.6 Å². The monoisotopic (exact) mass is 240 g/mol. The van der Waals surface area contributed by atoms with Gasteiger partial charge in [-0.25, -0.2) is 8.78 Å². The van der Waals surface area contributed by atoms with E-state index in [1.54, 1.807) is 0 Å². The summed E-state index contributed by atoms with van der Waals surface area (Å²) in [5.74, 6) is -0.905. The van der Waals surface area contributed by atoms with Crippen molar-refractivity contribution in [2.75, 3.05) is 0 Å². The Bertz CT molecular complexity index is 385. The molecule has 2 atom stereocenters. The molecule has 1 fully saturated rings. The average molecular weight is 240 g/mol. The van der Waals surface area contributed by atoms with E-state index in [0.29, 0.717) is 12.0 Å². The van der Waals surface area contributed by atoms with Gasteiger partial charge in [0.15, 0.2) is 0 Å². The number of rotatable bonds is 3. The maximum absolute atomic E-state index is 13.1. The van der Waals surface area contributed by atoms with Gasteiger partial charge >= 0.3 is 0 Å². The van der Waals surface area contributed by atoms with E-state index in [4.69, 9.17) is 0 Å². The first-order valence-corrected chi connectivity index (χ1v) is 6.21. The number of hydrogen-bond acceptors (Lipinski definition) is 1. The highest BCUT2D eigenvalue weighted by Gasteiger charge is 2.39. The van der Waals surface area contributed by atoms with Crippen molar-refractivity contribution in [1.82, 2.24) is 0 Å². The van der Waals surface area contributed by atoms with E-state index < -0.39 is 17.2 Å². The number of benzene rings is 1. The molecule has 2 unspecified atom stereocenters. The number of halogens is 2. The Hall–Kier alpha value is -0.960. The maximum atomic E-state index is 13.1. The van der Waals surface area contributed by atoms with Gasteiger partial charge in [0.25, 0.3) is 0 Å². The Kier molecular flexibility index (Phi) is 3.48. The third-order valence-corrected chi connectivity index (χ3v) is 3.85. The quantitative estimate of drug-likeness (QED) is 0.858. The first kappa shape index (κ1) is 12.5. The van der Waals surface area contributed by atoms with Crippen molar-refractivity contribution in [3.8, 4) is 0 Å². The van der Waals surface area contributed by atoms with Crippen LogP contribution in [0.4, 0.5) is 8.78 Å². The molecule has 0 spiro atoms. The Morgan fingerprint density at radius 3 is 2.53 bits per heavy atom. The molecular weight excluding hydrogens is 222 g/mol. The summed E-state index contributed by atoms with van der Waals surface area (Å²) in [5.41, 5.74) is -0.236. The van der Waals surface area contributed by atoms with Crippen LogP contribution < -0.4 is 0 Å². The molecule has 94 valence electrons. The third-order valence-electron chi connectivity index (χ3n) is 3.85. The van der Waals surface area contributed by atoms with Crippen LogP contribution in [0.5, 0.6) is 0 Å². The second kappa shape index (κ2) is 4.73. The predicted molar refractivity (Wildman–Crippen MR) is 62.6 cm³/mol. The summed E-state index contributed by atoms with van der Waals surface area (Å²) in [5, 5.41) is 10.5. The van der Waals surface area contributed by atoms with E-state index in [0.717, 1.165) is 31.7 Å². The Morgan fingerprint density at radius 1 is 1.29 bits per heavy atom. The summed E-state index contributed by atoms with van der Waals surface area (Å²) in [4.78, 5) is 0. The van der Waals surface area contributed by atoms with Gasteiger partial charge in [-0.2, -0.15) is 0 Å². The Labute approximate surface area is 100 Å². The van der Waals surface area contributed by atoms with Crippen molar-refractivity contribution in [2.45, 2.75) is 44.6 Å². The molecule has 1 aromatic rings. The molecule has 0 radical (unpaired) electrons. The largest absolute Gasteiger partial charge is 0.389 e.